The minimum absolute atomic E-state index is 0.232. The van der Waals surface area contributed by atoms with Crippen LogP contribution in [0.4, 0.5) is 13.2 Å². The Balaban J connectivity index is 0.000000117. The van der Waals surface area contributed by atoms with Crippen molar-refractivity contribution < 1.29 is 36.5 Å². The van der Waals surface area contributed by atoms with Crippen LogP contribution >= 0.6 is 22.6 Å². The van der Waals surface area contributed by atoms with Crippen molar-refractivity contribution in [3.05, 3.63) is 94.1 Å². The van der Waals surface area contributed by atoms with Crippen LogP contribution in [0.25, 0.3) is 21.5 Å². The maximum atomic E-state index is 12.5. The molecule has 4 atom stereocenters. The predicted octanol–water partition coefficient (Wildman–Crippen LogP) is 7.85. The molecular formula is C33H32BF3INO4. The monoisotopic (exact) mass is 701 g/mol. The Hall–Kier alpha value is -3.12. The minimum atomic E-state index is -4.05. The van der Waals surface area contributed by atoms with E-state index in [1.807, 2.05) is 49.5 Å². The molecule has 0 radical (unpaired) electrons. The van der Waals surface area contributed by atoms with Gasteiger partial charge in [-0.25, -0.2) is 0 Å². The van der Waals surface area contributed by atoms with E-state index in [0.29, 0.717) is 10.3 Å². The van der Waals surface area contributed by atoms with Crippen LogP contribution in [0.15, 0.2) is 84.9 Å². The van der Waals surface area contributed by atoms with Gasteiger partial charge in [0.05, 0.1) is 5.92 Å². The van der Waals surface area contributed by atoms with Crippen LogP contribution < -0.4 is 0 Å². The van der Waals surface area contributed by atoms with Crippen molar-refractivity contribution in [2.24, 2.45) is 11.8 Å². The standard InChI is InChI=1S/C14H11F3.C10H7I.C9H14BNO4/c15-14(16,17)13-8-12(13)11-6-5-9-3-1-2-4-10(9)7-11;11-10-6-5-8-3-1-2-4-9(8)7-10;1-6-3-7(6)10-11(2,4-8(12)14-10)5-9(13)15-10/h1-7,12-13H,8H2;1-7H;6-7H,3-5H2,1-2H3/t12-,13+;;6-,7-,10?,11?/m1.1/s1. The molecule has 0 amide bonds. The molecule has 4 aromatic rings. The number of benzene rings is 4. The number of alkyl halides is 3. The van der Waals surface area contributed by atoms with Gasteiger partial charge in [0.15, 0.2) is 0 Å². The first-order valence-corrected chi connectivity index (χ1v) is 15.6. The summed E-state index contributed by atoms with van der Waals surface area (Å²) in [7, 11) is 1.89. The molecule has 224 valence electrons. The number of likely N-dealkylation sites (N-methyl/N-ethyl adjacent to an activating group) is 1. The molecule has 43 heavy (non-hydrogen) atoms. The average Bonchev–Trinajstić information content (AvgIpc) is 3.86. The molecule has 2 saturated heterocycles. The van der Waals surface area contributed by atoms with Gasteiger partial charge in [0.1, 0.15) is 13.1 Å². The van der Waals surface area contributed by atoms with Crippen LogP contribution in [-0.2, 0) is 18.9 Å². The predicted molar refractivity (Wildman–Crippen MR) is 169 cm³/mol. The maximum absolute atomic E-state index is 12.5. The van der Waals surface area contributed by atoms with Gasteiger partial charge in [-0.2, -0.15) is 13.2 Å². The van der Waals surface area contributed by atoms with Gasteiger partial charge in [-0.05, 0) is 80.0 Å². The Labute approximate surface area is 262 Å². The summed E-state index contributed by atoms with van der Waals surface area (Å²) < 4.78 is 49.9. The summed E-state index contributed by atoms with van der Waals surface area (Å²) >= 11 is 2.33. The third-order valence-electron chi connectivity index (χ3n) is 9.29. The van der Waals surface area contributed by atoms with Gasteiger partial charge in [0, 0.05) is 10.6 Å². The Kier molecular flexibility index (Phi) is 7.73. The van der Waals surface area contributed by atoms with E-state index in [4.69, 9.17) is 9.31 Å². The molecule has 10 heteroatoms. The number of halogens is 4. The van der Waals surface area contributed by atoms with Crippen molar-refractivity contribution >= 4 is 62.8 Å². The highest BCUT2D eigenvalue weighted by Crippen LogP contribution is 2.58. The zero-order valence-corrected chi connectivity index (χ0v) is 26.0. The number of hydrogen-bond donors (Lipinski definition) is 0. The number of rotatable bonds is 2. The number of hydrogen-bond acceptors (Lipinski definition) is 4. The van der Waals surface area contributed by atoms with Crippen molar-refractivity contribution in [2.45, 2.75) is 37.7 Å². The van der Waals surface area contributed by atoms with Crippen molar-refractivity contribution in [2.75, 3.05) is 20.1 Å². The molecule has 5 nitrogen and oxygen atoms in total. The summed E-state index contributed by atoms with van der Waals surface area (Å²) in [5.41, 5.74) is 0.811. The first-order valence-electron chi connectivity index (χ1n) is 14.5. The molecule has 4 aromatic carbocycles. The van der Waals surface area contributed by atoms with E-state index in [1.54, 1.807) is 0 Å². The minimum Gasteiger partial charge on any atom is -0.600 e. The van der Waals surface area contributed by atoms with Gasteiger partial charge in [-0.3, -0.25) is 9.59 Å². The Morgan fingerprint density at radius 3 is 1.81 bits per heavy atom. The highest BCUT2D eigenvalue weighted by molar-refractivity contribution is 14.1. The Morgan fingerprint density at radius 2 is 1.30 bits per heavy atom. The van der Waals surface area contributed by atoms with Gasteiger partial charge in [-0.15, -0.1) is 0 Å². The molecule has 2 saturated carbocycles. The van der Waals surface area contributed by atoms with Crippen LogP contribution in [0.1, 0.15) is 31.2 Å². The molecule has 0 aromatic heterocycles. The molecule has 0 spiro atoms. The van der Waals surface area contributed by atoms with E-state index in [-0.39, 0.29) is 43.2 Å². The maximum Gasteiger partial charge on any atom is 0.587 e. The highest BCUT2D eigenvalue weighted by atomic mass is 127. The summed E-state index contributed by atoms with van der Waals surface area (Å²) in [5, 5.41) is 4.71. The lowest BCUT2D eigenvalue weighted by atomic mass is 9.61. The second kappa shape index (κ2) is 11.1. The SMILES string of the molecule is C[C@@H]1C[C@H]1[B-]12OC(=O)C[N+]1(C)CC(=O)O2.FC(F)(F)[C@H]1C[C@@H]1c1ccc2ccccc2c1.Ic1ccc2ccccc2c1. The molecule has 4 fully saturated rings. The van der Waals surface area contributed by atoms with Crippen LogP contribution in [0.3, 0.4) is 0 Å². The first kappa shape index (κ1) is 29.9. The Morgan fingerprint density at radius 1 is 0.791 bits per heavy atom. The Bertz CT molecular complexity index is 1690. The number of carbonyl (C=O) groups excluding carboxylic acids is 2. The smallest absolute Gasteiger partial charge is 0.587 e. The van der Waals surface area contributed by atoms with E-state index in [0.717, 1.165) is 22.8 Å². The summed E-state index contributed by atoms with van der Waals surface area (Å²) in [5.74, 6) is -1.19. The number of nitrogens with zero attached hydrogens (tertiary/aromatic N) is 1. The van der Waals surface area contributed by atoms with E-state index < -0.39 is 18.8 Å². The van der Waals surface area contributed by atoms with Crippen LogP contribution in [0.2, 0.25) is 5.82 Å². The molecule has 0 N–H and O–H groups in total. The molecule has 0 unspecified atom stereocenters. The van der Waals surface area contributed by atoms with E-state index in [9.17, 15) is 22.8 Å². The van der Waals surface area contributed by atoms with Crippen molar-refractivity contribution in [1.29, 1.82) is 0 Å². The van der Waals surface area contributed by atoms with Crippen LogP contribution in [0.5, 0.6) is 0 Å². The summed E-state index contributed by atoms with van der Waals surface area (Å²) in [4.78, 5) is 22.8. The third-order valence-corrected chi connectivity index (χ3v) is 9.96. The van der Waals surface area contributed by atoms with Gasteiger partial charge in [0.25, 0.3) is 0 Å². The summed E-state index contributed by atoms with van der Waals surface area (Å²) in [6, 6.07) is 28.2. The quantitative estimate of drug-likeness (QED) is 0.158. The number of quaternary nitrogens is 1. The fourth-order valence-corrected chi connectivity index (χ4v) is 7.24. The van der Waals surface area contributed by atoms with Crippen molar-refractivity contribution in [3.63, 3.8) is 0 Å². The van der Waals surface area contributed by atoms with Crippen LogP contribution in [0, 0.1) is 15.4 Å². The van der Waals surface area contributed by atoms with Gasteiger partial charge < -0.3 is 13.7 Å². The van der Waals surface area contributed by atoms with Crippen molar-refractivity contribution in [3.8, 4) is 0 Å². The highest BCUT2D eigenvalue weighted by Gasteiger charge is 2.73. The number of carbonyl (C=O) groups is 2. The normalized spacial score (nSPS) is 30.4. The molecule has 2 aliphatic heterocycles. The lowest BCUT2D eigenvalue weighted by Crippen LogP contribution is -2.60. The zero-order valence-electron chi connectivity index (χ0n) is 23.9. The molecule has 2 aliphatic carbocycles. The fourth-order valence-electron chi connectivity index (χ4n) is 6.73. The van der Waals surface area contributed by atoms with E-state index in [2.05, 4.69) is 72.0 Å². The molecule has 0 bridgehead atoms. The lowest BCUT2D eigenvalue weighted by molar-refractivity contribution is -0.794. The molecule has 2 heterocycles. The topological polar surface area (TPSA) is 52.6 Å². The molecular weight excluding hydrogens is 669 g/mol. The summed E-state index contributed by atoms with van der Waals surface area (Å²) in [6.45, 7) is 0.913. The van der Waals surface area contributed by atoms with E-state index in [1.165, 1.54) is 14.3 Å². The second-order valence-corrected chi connectivity index (χ2v) is 13.7. The first-order chi connectivity index (χ1) is 20.4. The second-order valence-electron chi connectivity index (χ2n) is 12.5. The largest absolute Gasteiger partial charge is 0.600 e. The fraction of sp³-hybridized carbons (Fsp3) is 0.333. The lowest BCUT2D eigenvalue weighted by Gasteiger charge is -2.40. The van der Waals surface area contributed by atoms with E-state index >= 15 is 0 Å². The third kappa shape index (κ3) is 6.00. The zero-order chi connectivity index (χ0) is 30.6. The van der Waals surface area contributed by atoms with Crippen molar-refractivity contribution in [1.82, 2.24) is 0 Å². The van der Waals surface area contributed by atoms with Gasteiger partial charge in [0.2, 0.25) is 0 Å². The molecule has 8 rings (SSSR count). The van der Waals surface area contributed by atoms with Gasteiger partial charge >= 0.3 is 24.8 Å². The van der Waals surface area contributed by atoms with Gasteiger partial charge in [-0.1, -0.05) is 92.1 Å². The van der Waals surface area contributed by atoms with Crippen LogP contribution in [-0.4, -0.2) is 49.3 Å². The molecule has 4 aliphatic rings. The number of fused-ring (bicyclic) bond motifs is 3. The summed E-state index contributed by atoms with van der Waals surface area (Å²) in [6.07, 6.45) is -2.81. The average molecular weight is 701 g/mol.